The second-order valence-corrected chi connectivity index (χ2v) is 9.26. The van der Waals surface area contributed by atoms with Gasteiger partial charge in [-0.25, -0.2) is 4.79 Å². The lowest BCUT2D eigenvalue weighted by Crippen LogP contribution is -2.41. The predicted octanol–water partition coefficient (Wildman–Crippen LogP) is 2.68. The summed E-state index contributed by atoms with van der Waals surface area (Å²) in [4.78, 5) is 16.0. The van der Waals surface area contributed by atoms with Crippen molar-refractivity contribution in [2.75, 3.05) is 31.2 Å². The number of hydrogen-bond donors (Lipinski definition) is 1. The third-order valence-electron chi connectivity index (χ3n) is 7.34. The molecule has 2 aromatic heterocycles. The molecule has 5 heterocycles. The molecule has 172 valence electrons. The van der Waals surface area contributed by atoms with Crippen molar-refractivity contribution in [3.8, 4) is 11.1 Å². The summed E-state index contributed by atoms with van der Waals surface area (Å²) in [7, 11) is 1.97. The van der Waals surface area contributed by atoms with Crippen molar-refractivity contribution in [2.45, 2.75) is 38.8 Å². The van der Waals surface area contributed by atoms with Crippen LogP contribution in [0.25, 0.3) is 11.1 Å². The Bertz CT molecular complexity index is 1240. The fraction of sp³-hybridized carbons (Fsp3) is 0.458. The van der Waals surface area contributed by atoms with E-state index in [9.17, 15) is 4.79 Å². The third kappa shape index (κ3) is 3.21. The number of fused-ring (bicyclic) bond motifs is 2. The number of nitrogens with two attached hydrogens (primary N) is 1. The Hall–Kier alpha value is -3.33. The minimum absolute atomic E-state index is 0.271. The first-order chi connectivity index (χ1) is 16.0. The maximum absolute atomic E-state index is 11.9. The van der Waals surface area contributed by atoms with E-state index in [0.717, 1.165) is 42.9 Å². The van der Waals surface area contributed by atoms with Gasteiger partial charge in [0.1, 0.15) is 0 Å². The fourth-order valence-corrected chi connectivity index (χ4v) is 5.27. The summed E-state index contributed by atoms with van der Waals surface area (Å²) in [6, 6.07) is 6.59. The van der Waals surface area contributed by atoms with Crippen molar-refractivity contribution in [1.29, 1.82) is 0 Å². The first kappa shape index (κ1) is 20.3. The van der Waals surface area contributed by atoms with E-state index < -0.39 is 0 Å². The Balaban J connectivity index is 1.42. The van der Waals surface area contributed by atoms with Crippen LogP contribution in [-0.2, 0) is 31.2 Å². The van der Waals surface area contributed by atoms with Crippen LogP contribution in [0.2, 0.25) is 0 Å². The molecular formula is C24H29N7O2. The number of amides is 2. The van der Waals surface area contributed by atoms with Gasteiger partial charge in [-0.15, -0.1) is 0 Å². The summed E-state index contributed by atoms with van der Waals surface area (Å²) in [6.07, 6.45) is 4.79. The molecule has 0 saturated carbocycles. The molecule has 0 unspecified atom stereocenters. The number of hydrogen-bond acceptors (Lipinski definition) is 5. The molecule has 2 amide bonds. The Kier molecular flexibility index (Phi) is 4.69. The van der Waals surface area contributed by atoms with Crippen molar-refractivity contribution in [3.63, 3.8) is 0 Å². The minimum atomic E-state index is -0.373. The Morgan fingerprint density at radius 1 is 1.21 bits per heavy atom. The number of primary amides is 1. The van der Waals surface area contributed by atoms with Gasteiger partial charge in [0.2, 0.25) is 0 Å². The summed E-state index contributed by atoms with van der Waals surface area (Å²) in [5.41, 5.74) is 14.0. The predicted molar refractivity (Wildman–Crippen MR) is 124 cm³/mol. The van der Waals surface area contributed by atoms with E-state index in [0.29, 0.717) is 26.3 Å². The lowest BCUT2D eigenvalue weighted by Gasteiger charge is -2.32. The zero-order valence-corrected chi connectivity index (χ0v) is 19.1. The van der Waals surface area contributed by atoms with Crippen LogP contribution in [0, 0.1) is 6.92 Å². The molecule has 9 nitrogen and oxygen atoms in total. The van der Waals surface area contributed by atoms with Gasteiger partial charge in [-0.3, -0.25) is 9.36 Å². The number of aryl methyl sites for hydroxylation is 2. The van der Waals surface area contributed by atoms with E-state index in [1.807, 2.05) is 17.9 Å². The van der Waals surface area contributed by atoms with Gasteiger partial charge in [-0.2, -0.15) is 10.2 Å². The summed E-state index contributed by atoms with van der Waals surface area (Å²) in [5.74, 6) is 0.953. The van der Waals surface area contributed by atoms with Crippen LogP contribution in [-0.4, -0.2) is 56.8 Å². The molecule has 0 radical (unpaired) electrons. The van der Waals surface area contributed by atoms with Gasteiger partial charge in [0.15, 0.2) is 5.82 Å². The van der Waals surface area contributed by atoms with E-state index in [2.05, 4.69) is 39.8 Å². The number of carbonyl (C=O) groups is 1. The normalized spacial score (nSPS) is 18.1. The van der Waals surface area contributed by atoms with Crippen molar-refractivity contribution < 1.29 is 9.53 Å². The molecule has 6 rings (SSSR count). The molecule has 3 aliphatic heterocycles. The second-order valence-electron chi connectivity index (χ2n) is 9.26. The van der Waals surface area contributed by atoms with Crippen molar-refractivity contribution in [1.82, 2.24) is 24.5 Å². The highest BCUT2D eigenvalue weighted by atomic mass is 16.5. The number of carbonyl (C=O) groups excluding carboxylic acids is 1. The monoisotopic (exact) mass is 447 g/mol. The van der Waals surface area contributed by atoms with E-state index in [4.69, 9.17) is 15.6 Å². The summed E-state index contributed by atoms with van der Waals surface area (Å²) in [6.45, 7) is 5.52. The van der Waals surface area contributed by atoms with E-state index >= 15 is 0 Å². The molecule has 0 aliphatic carbocycles. The zero-order chi connectivity index (χ0) is 22.7. The number of urea groups is 1. The maximum Gasteiger partial charge on any atom is 0.315 e. The smallest absolute Gasteiger partial charge is 0.315 e. The Morgan fingerprint density at radius 2 is 2.06 bits per heavy atom. The fourth-order valence-electron chi connectivity index (χ4n) is 5.27. The maximum atomic E-state index is 11.9. The van der Waals surface area contributed by atoms with Gasteiger partial charge >= 0.3 is 6.03 Å². The molecule has 0 bridgehead atoms. The van der Waals surface area contributed by atoms with Gasteiger partial charge in [0.05, 0.1) is 32.0 Å². The number of nitrogens with zero attached hydrogens (tertiary/aromatic N) is 6. The average molecular weight is 448 g/mol. The number of benzene rings is 1. The molecule has 3 aromatic rings. The number of rotatable bonds is 3. The van der Waals surface area contributed by atoms with Gasteiger partial charge in [-0.05, 0) is 43.0 Å². The van der Waals surface area contributed by atoms with Crippen LogP contribution >= 0.6 is 0 Å². The zero-order valence-electron chi connectivity index (χ0n) is 19.1. The van der Waals surface area contributed by atoms with Crippen molar-refractivity contribution >= 4 is 17.5 Å². The highest BCUT2D eigenvalue weighted by Gasteiger charge is 2.34. The van der Waals surface area contributed by atoms with E-state index in [-0.39, 0.29) is 12.1 Å². The standard InChI is InChI=1S/C24H29N7O2/c1-15-19(11-26-28(15)2)16-5-6-21-17(10-16)4-3-8-30(21)23-20-12-29(24(25)32)9-7-22(20)31(27-23)18-13-33-14-18/h5-6,10-11,18H,3-4,7-9,12-14H2,1-2H3,(H2,25,32). The largest absolute Gasteiger partial charge is 0.377 e. The minimum Gasteiger partial charge on any atom is -0.377 e. The van der Waals surface area contributed by atoms with Gasteiger partial charge in [0.25, 0.3) is 0 Å². The van der Waals surface area contributed by atoms with Crippen molar-refractivity contribution in [2.24, 2.45) is 12.8 Å². The molecule has 1 fully saturated rings. The molecule has 0 atom stereocenters. The highest BCUT2D eigenvalue weighted by Crippen LogP contribution is 2.40. The quantitative estimate of drug-likeness (QED) is 0.666. The summed E-state index contributed by atoms with van der Waals surface area (Å²) in [5, 5.41) is 9.51. The molecule has 3 aliphatic rings. The summed E-state index contributed by atoms with van der Waals surface area (Å²) < 4.78 is 9.51. The van der Waals surface area contributed by atoms with Crippen LogP contribution in [0.3, 0.4) is 0 Å². The molecule has 2 N–H and O–H groups in total. The van der Waals surface area contributed by atoms with Crippen LogP contribution in [0.1, 0.15) is 35.0 Å². The average Bonchev–Trinajstić information content (AvgIpc) is 3.31. The lowest BCUT2D eigenvalue weighted by atomic mass is 9.96. The molecule has 33 heavy (non-hydrogen) atoms. The second kappa shape index (κ2) is 7.62. The van der Waals surface area contributed by atoms with Gasteiger partial charge < -0.3 is 20.3 Å². The molecule has 9 heteroatoms. The lowest BCUT2D eigenvalue weighted by molar-refractivity contribution is -0.0300. The van der Waals surface area contributed by atoms with Crippen molar-refractivity contribution in [3.05, 3.63) is 46.9 Å². The third-order valence-corrected chi connectivity index (χ3v) is 7.34. The van der Waals surface area contributed by atoms with Gasteiger partial charge in [0, 0.05) is 54.8 Å². The summed E-state index contributed by atoms with van der Waals surface area (Å²) >= 11 is 0. The Labute approximate surface area is 192 Å². The highest BCUT2D eigenvalue weighted by molar-refractivity contribution is 5.76. The van der Waals surface area contributed by atoms with Crippen LogP contribution < -0.4 is 10.6 Å². The van der Waals surface area contributed by atoms with E-state index in [1.54, 1.807) is 4.90 Å². The molecule has 1 saturated heterocycles. The topological polar surface area (TPSA) is 94.4 Å². The molecule has 0 spiro atoms. The van der Waals surface area contributed by atoms with Gasteiger partial charge in [-0.1, -0.05) is 6.07 Å². The Morgan fingerprint density at radius 3 is 2.76 bits per heavy atom. The first-order valence-corrected chi connectivity index (χ1v) is 11.6. The van der Waals surface area contributed by atoms with Crippen LogP contribution in [0.15, 0.2) is 24.4 Å². The SMILES string of the molecule is Cc1c(-c2ccc3c(c2)CCCN3c2nn(C3COC3)c3c2CN(C(N)=O)CC3)cnn1C. The number of aromatic nitrogens is 4. The van der Waals surface area contributed by atoms with E-state index in [1.165, 1.54) is 28.1 Å². The molecular weight excluding hydrogens is 418 g/mol. The van der Waals surface area contributed by atoms with Crippen LogP contribution in [0.5, 0.6) is 0 Å². The first-order valence-electron chi connectivity index (χ1n) is 11.6. The number of ether oxygens (including phenoxy) is 1. The van der Waals surface area contributed by atoms with Crippen LogP contribution in [0.4, 0.5) is 16.3 Å². The number of anilines is 2. The molecule has 1 aromatic carbocycles.